The molecule has 0 unspecified atom stereocenters. The summed E-state index contributed by atoms with van der Waals surface area (Å²) in [5.41, 5.74) is 7.43. The molecular formula is C23H41N9. The van der Waals surface area contributed by atoms with E-state index in [0.717, 1.165) is 70.9 Å². The normalized spacial score (nSPS) is 11.2. The van der Waals surface area contributed by atoms with Gasteiger partial charge in [0.25, 0.3) is 0 Å². The van der Waals surface area contributed by atoms with Gasteiger partial charge in [-0.1, -0.05) is 33.8 Å². The molecule has 0 aliphatic carbocycles. The van der Waals surface area contributed by atoms with E-state index < -0.39 is 0 Å². The Hall–Kier alpha value is -2.65. The van der Waals surface area contributed by atoms with E-state index in [4.69, 9.17) is 5.73 Å². The van der Waals surface area contributed by atoms with Gasteiger partial charge < -0.3 is 31.5 Å². The minimum atomic E-state index is 0.489. The maximum absolute atomic E-state index is 5.90. The van der Waals surface area contributed by atoms with Crippen molar-refractivity contribution in [2.24, 2.45) is 0 Å². The van der Waals surface area contributed by atoms with Crippen LogP contribution in [0.1, 0.15) is 40.5 Å². The number of benzene rings is 1. The molecule has 0 aliphatic heterocycles. The third-order valence-corrected chi connectivity index (χ3v) is 5.44. The molecular weight excluding hydrogens is 402 g/mol. The van der Waals surface area contributed by atoms with Crippen LogP contribution < -0.4 is 21.7 Å². The molecule has 0 atom stereocenters. The number of anilines is 5. The van der Waals surface area contributed by atoms with Crippen LogP contribution in [0.15, 0.2) is 24.3 Å². The summed E-state index contributed by atoms with van der Waals surface area (Å²) >= 11 is 0. The van der Waals surface area contributed by atoms with Crippen molar-refractivity contribution >= 4 is 29.2 Å². The molecule has 0 radical (unpaired) electrons. The zero-order valence-corrected chi connectivity index (χ0v) is 20.2. The third kappa shape index (κ3) is 9.23. The van der Waals surface area contributed by atoms with E-state index in [1.54, 1.807) is 0 Å². The Morgan fingerprint density at radius 2 is 1.25 bits per heavy atom. The molecule has 1 heterocycles. The van der Waals surface area contributed by atoms with E-state index >= 15 is 0 Å². The highest BCUT2D eigenvalue weighted by atomic mass is 15.3. The summed E-state index contributed by atoms with van der Waals surface area (Å²) in [5.74, 6) is 1.62. The lowest BCUT2D eigenvalue weighted by molar-refractivity contribution is 0.303. The summed E-state index contributed by atoms with van der Waals surface area (Å²) in [5, 5.41) is 9.94. The predicted octanol–water partition coefficient (Wildman–Crippen LogP) is 3.49. The Morgan fingerprint density at radius 3 is 1.72 bits per heavy atom. The zero-order chi connectivity index (χ0) is 23.2. The number of hydrogen-bond donors (Lipinski definition) is 4. The van der Waals surface area contributed by atoms with Crippen LogP contribution in [0.25, 0.3) is 0 Å². The van der Waals surface area contributed by atoms with Gasteiger partial charge in [0.05, 0.1) is 0 Å². The van der Waals surface area contributed by atoms with Crippen LogP contribution in [0.2, 0.25) is 0 Å². The summed E-state index contributed by atoms with van der Waals surface area (Å²) in [4.78, 5) is 18.5. The van der Waals surface area contributed by atoms with Crippen LogP contribution >= 0.6 is 0 Å². The lowest BCUT2D eigenvalue weighted by Gasteiger charge is -2.18. The molecule has 0 saturated carbocycles. The van der Waals surface area contributed by atoms with Gasteiger partial charge in [-0.25, -0.2) is 0 Å². The molecule has 0 saturated heterocycles. The molecule has 2 rings (SSSR count). The van der Waals surface area contributed by atoms with Gasteiger partial charge in [0.1, 0.15) is 0 Å². The number of aromatic nitrogens is 3. The van der Waals surface area contributed by atoms with Crippen molar-refractivity contribution in [3.63, 3.8) is 0 Å². The Morgan fingerprint density at radius 1 is 0.750 bits per heavy atom. The summed E-state index contributed by atoms with van der Waals surface area (Å²) in [6.07, 6.45) is 2.05. The quantitative estimate of drug-likeness (QED) is 0.229. The molecule has 5 N–H and O–H groups in total. The molecule has 0 spiro atoms. The lowest BCUT2D eigenvalue weighted by Crippen LogP contribution is -2.26. The minimum absolute atomic E-state index is 0.489. The second-order valence-electron chi connectivity index (χ2n) is 7.67. The van der Waals surface area contributed by atoms with Crippen LogP contribution in [0.4, 0.5) is 29.2 Å². The molecule has 1 aromatic heterocycles. The fraction of sp³-hybridized carbons (Fsp3) is 0.609. The Balaban J connectivity index is 2.01. The second kappa shape index (κ2) is 14.4. The number of rotatable bonds is 16. The predicted molar refractivity (Wildman–Crippen MR) is 136 cm³/mol. The number of nitrogens with one attached hydrogen (secondary N) is 3. The molecule has 2 aromatic rings. The lowest BCUT2D eigenvalue weighted by atomic mass is 10.3. The van der Waals surface area contributed by atoms with Crippen molar-refractivity contribution < 1.29 is 0 Å². The smallest absolute Gasteiger partial charge is 0.233 e. The van der Waals surface area contributed by atoms with Crippen LogP contribution in [0.3, 0.4) is 0 Å². The zero-order valence-electron chi connectivity index (χ0n) is 20.2. The fourth-order valence-corrected chi connectivity index (χ4v) is 3.42. The summed E-state index contributed by atoms with van der Waals surface area (Å²) in [7, 11) is 0. The topological polar surface area (TPSA) is 107 Å². The SMILES string of the molecule is CCN(CC)CCCNc1nc(NCCCN(CC)CC)nc(Nc2cccc(N)c2)n1. The number of nitrogen functional groups attached to an aromatic ring is 1. The number of nitrogens with zero attached hydrogens (tertiary/aromatic N) is 5. The average Bonchev–Trinajstić information content (AvgIpc) is 2.79. The average molecular weight is 444 g/mol. The van der Waals surface area contributed by atoms with Gasteiger partial charge >= 0.3 is 0 Å². The first kappa shape index (κ1) is 25.6. The van der Waals surface area contributed by atoms with E-state index in [-0.39, 0.29) is 0 Å². The maximum atomic E-state index is 5.90. The molecule has 9 heteroatoms. The molecule has 0 bridgehead atoms. The molecule has 0 fully saturated rings. The van der Waals surface area contributed by atoms with Gasteiger partial charge in [-0.2, -0.15) is 15.0 Å². The Labute approximate surface area is 193 Å². The van der Waals surface area contributed by atoms with Gasteiger partial charge in [0, 0.05) is 24.5 Å². The monoisotopic (exact) mass is 443 g/mol. The first-order valence-electron chi connectivity index (χ1n) is 11.9. The second-order valence-corrected chi connectivity index (χ2v) is 7.67. The van der Waals surface area contributed by atoms with Crippen LogP contribution in [0, 0.1) is 0 Å². The fourth-order valence-electron chi connectivity index (χ4n) is 3.42. The Kier molecular flexibility index (Phi) is 11.5. The highest BCUT2D eigenvalue weighted by Crippen LogP contribution is 2.18. The Bertz CT molecular complexity index is 738. The first-order valence-corrected chi connectivity index (χ1v) is 11.9. The van der Waals surface area contributed by atoms with Crippen LogP contribution in [-0.4, -0.2) is 77.1 Å². The van der Waals surface area contributed by atoms with Crippen molar-refractivity contribution in [3.8, 4) is 0 Å². The van der Waals surface area contributed by atoms with Crippen LogP contribution in [0.5, 0.6) is 0 Å². The van der Waals surface area contributed by atoms with Crippen molar-refractivity contribution in [1.29, 1.82) is 0 Å². The molecule has 178 valence electrons. The van der Waals surface area contributed by atoms with E-state index in [1.807, 2.05) is 24.3 Å². The third-order valence-electron chi connectivity index (χ3n) is 5.44. The van der Waals surface area contributed by atoms with Crippen molar-refractivity contribution in [3.05, 3.63) is 24.3 Å². The summed E-state index contributed by atoms with van der Waals surface area (Å²) in [6.45, 7) is 16.7. The van der Waals surface area contributed by atoms with Gasteiger partial charge in [-0.05, 0) is 70.3 Å². The summed E-state index contributed by atoms with van der Waals surface area (Å²) in [6, 6.07) is 7.55. The van der Waals surface area contributed by atoms with Crippen molar-refractivity contribution in [2.45, 2.75) is 40.5 Å². The van der Waals surface area contributed by atoms with E-state index in [2.05, 4.69) is 68.4 Å². The van der Waals surface area contributed by atoms with Gasteiger partial charge in [0.15, 0.2) is 0 Å². The molecule has 1 aromatic carbocycles. The van der Waals surface area contributed by atoms with Gasteiger partial charge in [-0.15, -0.1) is 0 Å². The van der Waals surface area contributed by atoms with Gasteiger partial charge in [-0.3, -0.25) is 0 Å². The molecule has 32 heavy (non-hydrogen) atoms. The number of hydrogen-bond acceptors (Lipinski definition) is 9. The van der Waals surface area contributed by atoms with Crippen molar-refractivity contribution in [2.75, 3.05) is 74.0 Å². The first-order chi connectivity index (χ1) is 15.6. The standard InChI is InChI=1S/C23H41N9/c1-5-31(6-2)16-10-14-25-21-28-22(26-15-11-17-32(7-3)8-4)30-23(29-21)27-20-13-9-12-19(24)18-20/h9,12-13,18H,5-8,10-11,14-17,24H2,1-4H3,(H3,25,26,27,28,29,30). The molecule has 0 aliphatic rings. The number of nitrogens with two attached hydrogens (primary N) is 1. The highest BCUT2D eigenvalue weighted by molar-refractivity contribution is 5.60. The van der Waals surface area contributed by atoms with E-state index in [0.29, 0.717) is 23.5 Å². The molecule has 0 amide bonds. The van der Waals surface area contributed by atoms with E-state index in [1.165, 1.54) is 0 Å². The molecule has 9 nitrogen and oxygen atoms in total. The van der Waals surface area contributed by atoms with E-state index in [9.17, 15) is 0 Å². The summed E-state index contributed by atoms with van der Waals surface area (Å²) < 4.78 is 0. The maximum Gasteiger partial charge on any atom is 0.233 e. The van der Waals surface area contributed by atoms with Crippen LogP contribution in [-0.2, 0) is 0 Å². The largest absolute Gasteiger partial charge is 0.399 e. The van der Waals surface area contributed by atoms with Gasteiger partial charge in [0.2, 0.25) is 17.8 Å². The van der Waals surface area contributed by atoms with Crippen molar-refractivity contribution in [1.82, 2.24) is 24.8 Å². The minimum Gasteiger partial charge on any atom is -0.399 e. The highest BCUT2D eigenvalue weighted by Gasteiger charge is 2.08.